The van der Waals surface area contributed by atoms with Crippen LogP contribution in [0, 0.1) is 11.8 Å². The second kappa shape index (κ2) is 6.13. The lowest BCUT2D eigenvalue weighted by Gasteiger charge is -2.04. The standard InChI is InChI=1S/C15H15NO2/c1-2-18-11-5-7-12-6-3-8-13-15(12)14(17)9-4-10-16-13/h3,6,8,10H,2,4,9,11H2,1H3. The van der Waals surface area contributed by atoms with Gasteiger partial charge >= 0.3 is 0 Å². The summed E-state index contributed by atoms with van der Waals surface area (Å²) < 4.78 is 5.16. The van der Waals surface area contributed by atoms with Gasteiger partial charge in [-0.05, 0) is 25.5 Å². The number of hydrogen-bond donors (Lipinski definition) is 0. The van der Waals surface area contributed by atoms with Crippen molar-refractivity contribution in [2.24, 2.45) is 4.99 Å². The summed E-state index contributed by atoms with van der Waals surface area (Å²) in [6.07, 6.45) is 2.99. The Labute approximate surface area is 107 Å². The van der Waals surface area contributed by atoms with Gasteiger partial charge in [-0.2, -0.15) is 0 Å². The Hall–Kier alpha value is -1.92. The Morgan fingerprint density at radius 3 is 3.17 bits per heavy atom. The maximum absolute atomic E-state index is 12.0. The Kier molecular flexibility index (Phi) is 4.27. The Morgan fingerprint density at radius 2 is 2.33 bits per heavy atom. The van der Waals surface area contributed by atoms with Crippen LogP contribution in [-0.4, -0.2) is 25.2 Å². The lowest BCUT2D eigenvalue weighted by atomic mass is 10.00. The summed E-state index contributed by atoms with van der Waals surface area (Å²) >= 11 is 0. The summed E-state index contributed by atoms with van der Waals surface area (Å²) in [4.78, 5) is 16.3. The molecule has 1 aromatic carbocycles. The van der Waals surface area contributed by atoms with Gasteiger partial charge in [0, 0.05) is 24.8 Å². The van der Waals surface area contributed by atoms with Crippen molar-refractivity contribution in [2.45, 2.75) is 19.8 Å². The minimum atomic E-state index is 0.115. The molecule has 3 heteroatoms. The number of Topliss-reactive ketones (excluding diaryl/α,β-unsaturated/α-hetero) is 1. The molecule has 0 amide bonds. The van der Waals surface area contributed by atoms with Gasteiger partial charge in [-0.1, -0.05) is 17.9 Å². The van der Waals surface area contributed by atoms with E-state index in [0.717, 1.165) is 11.3 Å². The molecule has 0 fully saturated rings. The molecule has 0 N–H and O–H groups in total. The monoisotopic (exact) mass is 241 g/mol. The Morgan fingerprint density at radius 1 is 1.44 bits per heavy atom. The molecule has 1 aromatic rings. The molecule has 2 rings (SSSR count). The molecule has 0 atom stereocenters. The summed E-state index contributed by atoms with van der Waals surface area (Å²) in [5, 5.41) is 0. The number of carbonyl (C=O) groups is 1. The van der Waals surface area contributed by atoms with Crippen LogP contribution in [0.3, 0.4) is 0 Å². The minimum Gasteiger partial charge on any atom is -0.369 e. The minimum absolute atomic E-state index is 0.115. The van der Waals surface area contributed by atoms with E-state index < -0.39 is 0 Å². The quantitative estimate of drug-likeness (QED) is 0.590. The number of ketones is 1. The molecule has 0 saturated heterocycles. The number of nitrogens with zero attached hydrogens (tertiary/aromatic N) is 1. The van der Waals surface area contributed by atoms with Crippen LogP contribution in [-0.2, 0) is 4.74 Å². The smallest absolute Gasteiger partial charge is 0.166 e. The van der Waals surface area contributed by atoms with Crippen molar-refractivity contribution in [3.05, 3.63) is 29.3 Å². The van der Waals surface area contributed by atoms with E-state index in [9.17, 15) is 4.79 Å². The van der Waals surface area contributed by atoms with Gasteiger partial charge in [0.05, 0.1) is 11.3 Å². The van der Waals surface area contributed by atoms with Gasteiger partial charge in [0.25, 0.3) is 0 Å². The third kappa shape index (κ3) is 2.85. The molecule has 1 aliphatic rings. The Balaban J connectivity index is 2.34. The maximum Gasteiger partial charge on any atom is 0.166 e. The Bertz CT molecular complexity index is 535. The summed E-state index contributed by atoms with van der Waals surface area (Å²) in [7, 11) is 0. The number of carbonyl (C=O) groups excluding carboxylic acids is 1. The first-order chi connectivity index (χ1) is 8.83. The highest BCUT2D eigenvalue weighted by molar-refractivity contribution is 6.05. The first kappa shape index (κ1) is 12.5. The van der Waals surface area contributed by atoms with E-state index in [1.165, 1.54) is 0 Å². The molecule has 1 heterocycles. The fraction of sp³-hybridized carbons (Fsp3) is 0.333. The van der Waals surface area contributed by atoms with Gasteiger partial charge in [0.1, 0.15) is 6.61 Å². The van der Waals surface area contributed by atoms with E-state index in [-0.39, 0.29) is 5.78 Å². The molecule has 1 aliphatic heterocycles. The maximum atomic E-state index is 12.0. The molecule has 0 aromatic heterocycles. The molecule has 0 aliphatic carbocycles. The largest absolute Gasteiger partial charge is 0.369 e. The molecular weight excluding hydrogens is 226 g/mol. The fourth-order valence-corrected chi connectivity index (χ4v) is 1.81. The lowest BCUT2D eigenvalue weighted by Crippen LogP contribution is -2.01. The van der Waals surface area contributed by atoms with Crippen LogP contribution in [0.1, 0.15) is 35.7 Å². The second-order valence-corrected chi connectivity index (χ2v) is 3.91. The molecule has 0 spiro atoms. The topological polar surface area (TPSA) is 38.7 Å². The van der Waals surface area contributed by atoms with Crippen LogP contribution in [0.5, 0.6) is 0 Å². The van der Waals surface area contributed by atoms with E-state index in [2.05, 4.69) is 16.8 Å². The van der Waals surface area contributed by atoms with Gasteiger partial charge in [-0.15, -0.1) is 0 Å². The second-order valence-electron chi connectivity index (χ2n) is 3.91. The number of ether oxygens (including phenoxy) is 1. The van der Waals surface area contributed by atoms with E-state index in [4.69, 9.17) is 4.74 Å². The van der Waals surface area contributed by atoms with Crippen LogP contribution in [0.25, 0.3) is 0 Å². The first-order valence-corrected chi connectivity index (χ1v) is 6.08. The number of benzene rings is 1. The van der Waals surface area contributed by atoms with Crippen LogP contribution >= 0.6 is 0 Å². The van der Waals surface area contributed by atoms with Gasteiger partial charge in [-0.25, -0.2) is 0 Å². The number of aliphatic imine (C=N–C) groups is 1. The zero-order valence-electron chi connectivity index (χ0n) is 10.4. The van der Waals surface area contributed by atoms with Crippen molar-refractivity contribution in [3.63, 3.8) is 0 Å². The van der Waals surface area contributed by atoms with Gasteiger partial charge < -0.3 is 4.74 Å². The molecule has 0 unspecified atom stereocenters. The van der Waals surface area contributed by atoms with Crippen LogP contribution < -0.4 is 0 Å². The summed E-state index contributed by atoms with van der Waals surface area (Å²) in [6, 6.07) is 5.58. The zero-order chi connectivity index (χ0) is 12.8. The molecular formula is C15H15NO2. The van der Waals surface area contributed by atoms with Crippen molar-refractivity contribution >= 4 is 17.7 Å². The van der Waals surface area contributed by atoms with Crippen molar-refractivity contribution in [3.8, 4) is 11.8 Å². The van der Waals surface area contributed by atoms with Crippen LogP contribution in [0.4, 0.5) is 5.69 Å². The number of fused-ring (bicyclic) bond motifs is 1. The normalized spacial score (nSPS) is 13.5. The highest BCUT2D eigenvalue weighted by Gasteiger charge is 2.16. The third-order valence-electron chi connectivity index (χ3n) is 2.65. The van der Waals surface area contributed by atoms with Gasteiger partial charge in [-0.3, -0.25) is 9.79 Å². The third-order valence-corrected chi connectivity index (χ3v) is 2.65. The van der Waals surface area contributed by atoms with Crippen LogP contribution in [0.15, 0.2) is 23.2 Å². The number of rotatable bonds is 2. The summed E-state index contributed by atoms with van der Waals surface area (Å²) in [5.74, 6) is 6.03. The zero-order valence-corrected chi connectivity index (χ0v) is 10.4. The summed E-state index contributed by atoms with van der Waals surface area (Å²) in [6.45, 7) is 2.96. The predicted octanol–water partition coefficient (Wildman–Crippen LogP) is 2.75. The van der Waals surface area contributed by atoms with Crippen molar-refractivity contribution < 1.29 is 9.53 Å². The molecule has 0 bridgehead atoms. The van der Waals surface area contributed by atoms with Gasteiger partial charge in [0.15, 0.2) is 5.78 Å². The van der Waals surface area contributed by atoms with Crippen molar-refractivity contribution in [1.82, 2.24) is 0 Å². The first-order valence-electron chi connectivity index (χ1n) is 6.08. The van der Waals surface area contributed by atoms with E-state index >= 15 is 0 Å². The predicted molar refractivity (Wildman–Crippen MR) is 71.5 cm³/mol. The summed E-state index contributed by atoms with van der Waals surface area (Å²) in [5.41, 5.74) is 2.12. The molecule has 3 nitrogen and oxygen atoms in total. The van der Waals surface area contributed by atoms with E-state index in [0.29, 0.717) is 31.6 Å². The SMILES string of the molecule is CCOCC#Cc1cccc2c1C(=O)CCC=N2. The molecule has 0 saturated carbocycles. The molecule has 18 heavy (non-hydrogen) atoms. The fourth-order valence-electron chi connectivity index (χ4n) is 1.81. The highest BCUT2D eigenvalue weighted by atomic mass is 16.5. The lowest BCUT2D eigenvalue weighted by molar-refractivity contribution is 0.0986. The molecule has 0 radical (unpaired) electrons. The highest BCUT2D eigenvalue weighted by Crippen LogP contribution is 2.26. The average molecular weight is 241 g/mol. The van der Waals surface area contributed by atoms with Crippen molar-refractivity contribution in [2.75, 3.05) is 13.2 Å². The molecule has 92 valence electrons. The van der Waals surface area contributed by atoms with Crippen LogP contribution in [0.2, 0.25) is 0 Å². The van der Waals surface area contributed by atoms with Crippen molar-refractivity contribution in [1.29, 1.82) is 0 Å². The number of hydrogen-bond acceptors (Lipinski definition) is 3. The van der Waals surface area contributed by atoms with Gasteiger partial charge in [0.2, 0.25) is 0 Å². The van der Waals surface area contributed by atoms with E-state index in [1.807, 2.05) is 25.1 Å². The van der Waals surface area contributed by atoms with E-state index in [1.54, 1.807) is 6.21 Å². The average Bonchev–Trinajstić information content (AvgIpc) is 2.57.